The van der Waals surface area contributed by atoms with Crippen LogP contribution in [0.25, 0.3) is 5.57 Å². The van der Waals surface area contributed by atoms with E-state index in [-0.39, 0.29) is 18.4 Å². The Hall–Kier alpha value is -3.86. The highest BCUT2D eigenvalue weighted by atomic mass is 16.2. The van der Waals surface area contributed by atoms with Gasteiger partial charge in [0.2, 0.25) is 0 Å². The Kier molecular flexibility index (Phi) is 5.93. The van der Waals surface area contributed by atoms with Gasteiger partial charge in [0, 0.05) is 24.5 Å². The number of carbonyl (C=O) groups is 2. The summed E-state index contributed by atoms with van der Waals surface area (Å²) in [6, 6.07) is 23.7. The van der Waals surface area contributed by atoms with Gasteiger partial charge in [0.1, 0.15) is 5.70 Å². The first kappa shape index (κ1) is 22.0. The van der Waals surface area contributed by atoms with Gasteiger partial charge in [0.25, 0.3) is 11.8 Å². The van der Waals surface area contributed by atoms with Gasteiger partial charge >= 0.3 is 0 Å². The average molecular weight is 452 g/mol. The van der Waals surface area contributed by atoms with E-state index < -0.39 is 0 Å². The van der Waals surface area contributed by atoms with Crippen molar-refractivity contribution >= 4 is 28.8 Å². The highest BCUT2D eigenvalue weighted by Gasteiger charge is 2.39. The van der Waals surface area contributed by atoms with Crippen molar-refractivity contribution in [3.63, 3.8) is 0 Å². The Morgan fingerprint density at radius 2 is 1.53 bits per heavy atom. The van der Waals surface area contributed by atoms with Crippen LogP contribution in [0.2, 0.25) is 0 Å². The zero-order chi connectivity index (χ0) is 23.7. The summed E-state index contributed by atoms with van der Waals surface area (Å²) in [7, 11) is 0. The van der Waals surface area contributed by atoms with E-state index in [2.05, 4.69) is 22.3 Å². The zero-order valence-corrected chi connectivity index (χ0v) is 19.7. The molecule has 34 heavy (non-hydrogen) atoms. The van der Waals surface area contributed by atoms with Crippen molar-refractivity contribution in [1.29, 1.82) is 0 Å². The van der Waals surface area contributed by atoms with Crippen molar-refractivity contribution in [2.24, 2.45) is 0 Å². The summed E-state index contributed by atoms with van der Waals surface area (Å²) in [5, 5.41) is 3.29. The van der Waals surface area contributed by atoms with Crippen LogP contribution in [0.1, 0.15) is 35.1 Å². The number of amides is 2. The highest BCUT2D eigenvalue weighted by Crippen LogP contribution is 2.34. The smallest absolute Gasteiger partial charge is 0.278 e. The summed E-state index contributed by atoms with van der Waals surface area (Å²) in [4.78, 5) is 30.8. The molecule has 0 spiro atoms. The van der Waals surface area contributed by atoms with Gasteiger partial charge in [-0.1, -0.05) is 54.1 Å². The number of anilines is 2. The maximum atomic E-state index is 13.6. The molecule has 2 heterocycles. The standard InChI is InChI=1S/C29H29N3O2/c1-20-10-15-25(21(2)18-20)26-27(29(34)32(28(26)33)19-22-8-4-3-5-9-22)30-23-11-13-24(14-12-23)31-16-6-7-17-31/h3-5,8-15,18,30H,6-7,16-17,19H2,1-2H3. The van der Waals surface area contributed by atoms with Gasteiger partial charge in [-0.15, -0.1) is 0 Å². The Labute approximate surface area is 200 Å². The van der Waals surface area contributed by atoms with Crippen LogP contribution >= 0.6 is 0 Å². The Morgan fingerprint density at radius 3 is 2.21 bits per heavy atom. The molecule has 1 N–H and O–H groups in total. The lowest BCUT2D eigenvalue weighted by Crippen LogP contribution is -2.32. The van der Waals surface area contributed by atoms with Crippen molar-refractivity contribution in [1.82, 2.24) is 4.90 Å². The quantitative estimate of drug-likeness (QED) is 0.517. The maximum Gasteiger partial charge on any atom is 0.278 e. The van der Waals surface area contributed by atoms with E-state index >= 15 is 0 Å². The monoisotopic (exact) mass is 451 g/mol. The summed E-state index contributed by atoms with van der Waals surface area (Å²) in [6.45, 7) is 6.41. The number of rotatable bonds is 6. The van der Waals surface area contributed by atoms with Crippen LogP contribution < -0.4 is 10.2 Å². The molecule has 0 radical (unpaired) electrons. The molecule has 0 unspecified atom stereocenters. The minimum Gasteiger partial charge on any atom is -0.372 e. The summed E-state index contributed by atoms with van der Waals surface area (Å²) >= 11 is 0. The van der Waals surface area contributed by atoms with Crippen LogP contribution in [0, 0.1) is 13.8 Å². The minimum absolute atomic E-state index is 0.242. The lowest BCUT2D eigenvalue weighted by Gasteiger charge is -2.18. The Morgan fingerprint density at radius 1 is 0.824 bits per heavy atom. The van der Waals surface area contributed by atoms with E-state index in [0.29, 0.717) is 11.3 Å². The fourth-order valence-electron chi connectivity index (χ4n) is 4.82. The highest BCUT2D eigenvalue weighted by molar-refractivity contribution is 6.36. The van der Waals surface area contributed by atoms with Gasteiger partial charge in [-0.3, -0.25) is 14.5 Å². The molecule has 1 saturated heterocycles. The lowest BCUT2D eigenvalue weighted by atomic mass is 9.97. The molecule has 0 aliphatic carbocycles. The van der Waals surface area contributed by atoms with Gasteiger partial charge in [0.15, 0.2) is 0 Å². The molecular formula is C29H29N3O2. The number of nitrogens with one attached hydrogen (secondary N) is 1. The minimum atomic E-state index is -0.299. The normalized spacial score (nSPS) is 16.1. The van der Waals surface area contributed by atoms with Gasteiger partial charge in [-0.25, -0.2) is 0 Å². The van der Waals surface area contributed by atoms with E-state index in [1.54, 1.807) is 0 Å². The predicted octanol–water partition coefficient (Wildman–Crippen LogP) is 5.30. The van der Waals surface area contributed by atoms with Crippen LogP contribution in [0.5, 0.6) is 0 Å². The molecule has 172 valence electrons. The molecule has 5 heteroatoms. The molecule has 2 aliphatic rings. The first-order chi connectivity index (χ1) is 16.5. The summed E-state index contributed by atoms with van der Waals surface area (Å²) in [5.41, 5.74) is 6.54. The average Bonchev–Trinajstić information content (AvgIpc) is 3.45. The van der Waals surface area contributed by atoms with Gasteiger partial charge in [-0.2, -0.15) is 0 Å². The number of aryl methyl sites for hydroxylation is 2. The number of hydrogen-bond acceptors (Lipinski definition) is 4. The molecule has 0 saturated carbocycles. The van der Waals surface area contributed by atoms with E-state index in [1.807, 2.05) is 74.5 Å². The molecule has 3 aromatic rings. The third-order valence-corrected chi connectivity index (χ3v) is 6.61. The molecule has 2 aliphatic heterocycles. The van der Waals surface area contributed by atoms with Crippen molar-refractivity contribution in [3.05, 3.63) is 101 Å². The van der Waals surface area contributed by atoms with Gasteiger partial charge in [0.05, 0.1) is 12.1 Å². The number of carbonyl (C=O) groups excluding carboxylic acids is 2. The molecule has 3 aromatic carbocycles. The van der Waals surface area contributed by atoms with Crippen LogP contribution in [0.15, 0.2) is 78.5 Å². The fourth-order valence-corrected chi connectivity index (χ4v) is 4.82. The van der Waals surface area contributed by atoms with E-state index in [0.717, 1.165) is 41.0 Å². The first-order valence-electron chi connectivity index (χ1n) is 11.9. The third kappa shape index (κ3) is 4.21. The van der Waals surface area contributed by atoms with Crippen LogP contribution in [0.4, 0.5) is 11.4 Å². The topological polar surface area (TPSA) is 52.7 Å². The van der Waals surface area contributed by atoms with E-state index in [1.165, 1.54) is 23.4 Å². The molecule has 5 nitrogen and oxygen atoms in total. The van der Waals surface area contributed by atoms with Gasteiger partial charge in [-0.05, 0) is 67.6 Å². The second-order valence-electron chi connectivity index (χ2n) is 9.12. The SMILES string of the molecule is Cc1ccc(C2=C(Nc3ccc(N4CCCC4)cc3)C(=O)N(Cc3ccccc3)C2=O)c(C)c1. The number of nitrogens with zero attached hydrogens (tertiary/aromatic N) is 2. The lowest BCUT2D eigenvalue weighted by molar-refractivity contribution is -0.137. The van der Waals surface area contributed by atoms with Crippen LogP contribution in [0.3, 0.4) is 0 Å². The number of benzene rings is 3. The molecule has 5 rings (SSSR count). The molecular weight excluding hydrogens is 422 g/mol. The molecule has 2 amide bonds. The largest absolute Gasteiger partial charge is 0.372 e. The fraction of sp³-hybridized carbons (Fsp3) is 0.241. The van der Waals surface area contributed by atoms with Crippen molar-refractivity contribution in [2.75, 3.05) is 23.3 Å². The summed E-state index contributed by atoms with van der Waals surface area (Å²) < 4.78 is 0. The number of hydrogen-bond donors (Lipinski definition) is 1. The molecule has 0 aromatic heterocycles. The summed E-state index contributed by atoms with van der Waals surface area (Å²) in [6.07, 6.45) is 2.44. The predicted molar refractivity (Wildman–Crippen MR) is 136 cm³/mol. The third-order valence-electron chi connectivity index (χ3n) is 6.61. The van der Waals surface area contributed by atoms with E-state index in [4.69, 9.17) is 0 Å². The zero-order valence-electron chi connectivity index (χ0n) is 19.7. The van der Waals surface area contributed by atoms with Crippen LogP contribution in [-0.2, 0) is 16.1 Å². The summed E-state index contributed by atoms with van der Waals surface area (Å²) in [5.74, 6) is -0.565. The van der Waals surface area contributed by atoms with Gasteiger partial charge < -0.3 is 10.2 Å². The molecule has 0 atom stereocenters. The Balaban J connectivity index is 1.50. The van der Waals surface area contributed by atoms with E-state index in [9.17, 15) is 9.59 Å². The molecule has 1 fully saturated rings. The Bertz CT molecular complexity index is 1260. The van der Waals surface area contributed by atoms with Crippen LogP contribution in [-0.4, -0.2) is 29.8 Å². The van der Waals surface area contributed by atoms with Crippen molar-refractivity contribution in [2.45, 2.75) is 33.2 Å². The maximum absolute atomic E-state index is 13.6. The second-order valence-corrected chi connectivity index (χ2v) is 9.12. The number of imide groups is 1. The first-order valence-corrected chi connectivity index (χ1v) is 11.9. The second kappa shape index (κ2) is 9.18. The molecule has 0 bridgehead atoms. The van der Waals surface area contributed by atoms with Crippen molar-refractivity contribution < 1.29 is 9.59 Å². The van der Waals surface area contributed by atoms with Crippen molar-refractivity contribution in [3.8, 4) is 0 Å².